The van der Waals surface area contributed by atoms with Gasteiger partial charge in [-0.2, -0.15) is 14.0 Å². The van der Waals surface area contributed by atoms with Gasteiger partial charge < -0.3 is 5.11 Å². The second-order valence-corrected chi connectivity index (χ2v) is 11.1. The third-order valence-electron chi connectivity index (χ3n) is 6.45. The van der Waals surface area contributed by atoms with E-state index in [1.165, 1.54) is 79.0 Å². The maximum absolute atomic E-state index is 13.1. The third kappa shape index (κ3) is 16.6. The minimum atomic E-state index is -3.33. The molecule has 0 amide bonds. The Bertz CT molecular complexity index is 914. The largest absolute Gasteiger partial charge is 0.379 e. The van der Waals surface area contributed by atoms with E-state index in [1.54, 1.807) is 13.0 Å². The SMILES string of the molecule is C=C/C=C\C(C)=C(/C)C#N.CC(=O)c1ccc([C@](C)(O)C(F)(F)P)cc1.CC1CCCCC1.CCC(C)C. The van der Waals surface area contributed by atoms with Crippen LogP contribution in [0.15, 0.2) is 60.2 Å². The Morgan fingerprint density at radius 2 is 1.66 bits per heavy atom. The van der Waals surface area contributed by atoms with Crippen LogP contribution in [0.5, 0.6) is 0 Å². The lowest BCUT2D eigenvalue weighted by atomic mass is 9.91. The molecule has 1 aliphatic rings. The number of rotatable bonds is 6. The Balaban J connectivity index is 0. The summed E-state index contributed by atoms with van der Waals surface area (Å²) in [4.78, 5) is 11.0. The average Bonchev–Trinajstić information content (AvgIpc) is 2.87. The van der Waals surface area contributed by atoms with Crippen molar-refractivity contribution in [3.05, 3.63) is 71.3 Å². The van der Waals surface area contributed by atoms with Crippen LogP contribution in [0.25, 0.3) is 0 Å². The van der Waals surface area contributed by atoms with E-state index in [2.05, 4.69) is 40.3 Å². The van der Waals surface area contributed by atoms with Gasteiger partial charge in [0.2, 0.25) is 0 Å². The number of allylic oxidation sites excluding steroid dienone is 5. The van der Waals surface area contributed by atoms with Crippen LogP contribution >= 0.6 is 9.24 Å². The van der Waals surface area contributed by atoms with Crippen LogP contribution < -0.4 is 0 Å². The summed E-state index contributed by atoms with van der Waals surface area (Å²) in [5.41, 5.74) is -3.37. The number of nitrogens with zero attached hydrogens (tertiary/aromatic N) is 1. The van der Waals surface area contributed by atoms with E-state index in [0.29, 0.717) is 5.56 Å². The normalized spacial score (nSPS) is 15.8. The van der Waals surface area contributed by atoms with Gasteiger partial charge in [-0.15, -0.1) is 0 Å². The van der Waals surface area contributed by atoms with Gasteiger partial charge in [0.05, 0.1) is 6.07 Å². The fraction of sp³-hybridized carbons (Fsp3) is 0.562. The maximum Gasteiger partial charge on any atom is 0.290 e. The highest BCUT2D eigenvalue weighted by atomic mass is 31.0. The van der Waals surface area contributed by atoms with E-state index in [-0.39, 0.29) is 11.3 Å². The van der Waals surface area contributed by atoms with Crippen LogP contribution in [-0.2, 0) is 5.60 Å². The van der Waals surface area contributed by atoms with Crippen molar-refractivity contribution in [2.75, 3.05) is 0 Å². The lowest BCUT2D eigenvalue weighted by molar-refractivity contribution is -0.115. The van der Waals surface area contributed by atoms with E-state index >= 15 is 0 Å². The highest BCUT2D eigenvalue weighted by Gasteiger charge is 2.46. The van der Waals surface area contributed by atoms with Crippen molar-refractivity contribution in [2.24, 2.45) is 11.8 Å². The molecule has 0 aliphatic heterocycles. The van der Waals surface area contributed by atoms with Crippen LogP contribution in [0.3, 0.4) is 0 Å². The summed E-state index contributed by atoms with van der Waals surface area (Å²) in [5, 5.41) is 18.1. The first-order chi connectivity index (χ1) is 17.5. The van der Waals surface area contributed by atoms with Crippen LogP contribution in [0.4, 0.5) is 8.78 Å². The molecule has 0 heterocycles. The molecule has 0 aromatic heterocycles. The van der Waals surface area contributed by atoms with Gasteiger partial charge in [-0.25, -0.2) is 0 Å². The van der Waals surface area contributed by atoms with Crippen molar-refractivity contribution in [2.45, 2.75) is 105 Å². The zero-order chi connectivity index (χ0) is 29.9. The highest BCUT2D eigenvalue weighted by molar-refractivity contribution is 7.18. The molecule has 1 unspecified atom stereocenters. The standard InChI is InChI=1S/C11H13F2O2P.C9H11N.C7H14.C5H12/c1-7(14)8-3-5-9(6-4-8)10(2,15)11(12,13)16;1-4-5-6-8(2)9(3)7-10;1-7-5-3-2-4-6-7;1-4-5(2)3/h3-6,15H,16H2,1-2H3;4-6H,1H2,2-3H3;7H,2-6H2,1H3;5H,4H2,1-3H3/b;6-5-,9-8+;;/t10-;;;/m0.../s1. The summed E-state index contributed by atoms with van der Waals surface area (Å²) in [5.74, 6) is 1.77. The molecule has 1 aliphatic carbocycles. The predicted molar refractivity (Wildman–Crippen MR) is 161 cm³/mol. The fourth-order valence-electron chi connectivity index (χ4n) is 2.95. The van der Waals surface area contributed by atoms with Gasteiger partial charge in [-0.05, 0) is 50.7 Å². The van der Waals surface area contributed by atoms with Gasteiger partial charge in [0.1, 0.15) is 0 Å². The van der Waals surface area contributed by atoms with Gasteiger partial charge in [-0.3, -0.25) is 4.79 Å². The zero-order valence-electron chi connectivity index (χ0n) is 24.8. The molecule has 0 saturated heterocycles. The molecule has 38 heavy (non-hydrogen) atoms. The number of hydrogen-bond donors (Lipinski definition) is 1. The molecule has 1 saturated carbocycles. The number of Topliss-reactive ketones (excluding diaryl/α,β-unsaturated/α-hetero) is 1. The monoisotopic (exact) mass is 549 g/mol. The van der Waals surface area contributed by atoms with Crippen LogP contribution in [0, 0.1) is 23.2 Å². The molecule has 6 heteroatoms. The fourth-order valence-corrected chi connectivity index (χ4v) is 3.12. The minimum absolute atomic E-state index is 0.0671. The first-order valence-electron chi connectivity index (χ1n) is 13.4. The number of carbonyl (C=O) groups is 1. The summed E-state index contributed by atoms with van der Waals surface area (Å²) in [6, 6.07) is 7.56. The summed E-state index contributed by atoms with van der Waals surface area (Å²) in [6.45, 7) is 18.6. The molecule has 0 bridgehead atoms. The quantitative estimate of drug-likeness (QED) is 0.166. The third-order valence-corrected chi connectivity index (χ3v) is 7.02. The molecule has 214 valence electrons. The molecule has 3 nitrogen and oxygen atoms in total. The van der Waals surface area contributed by atoms with Crippen molar-refractivity contribution < 1.29 is 18.7 Å². The van der Waals surface area contributed by atoms with Gasteiger partial charge >= 0.3 is 0 Å². The lowest BCUT2D eigenvalue weighted by Crippen LogP contribution is -2.37. The van der Waals surface area contributed by atoms with Crippen molar-refractivity contribution >= 4 is 15.0 Å². The number of carbonyl (C=O) groups excluding carboxylic acids is 1. The summed E-state index contributed by atoms with van der Waals surface area (Å²) in [7, 11) is 1.31. The van der Waals surface area contributed by atoms with E-state index in [1.807, 2.05) is 19.1 Å². The first kappa shape index (κ1) is 38.0. The van der Waals surface area contributed by atoms with Gasteiger partial charge in [0.25, 0.3) is 5.66 Å². The maximum atomic E-state index is 13.1. The second-order valence-electron chi connectivity index (χ2n) is 10.4. The molecule has 2 rings (SSSR count). The van der Waals surface area contributed by atoms with Gasteiger partial charge in [-0.1, -0.05) is 125 Å². The second kappa shape index (κ2) is 19.9. The molecular weight excluding hydrogens is 499 g/mol. The molecule has 1 N–H and O–H groups in total. The Kier molecular flexibility index (Phi) is 19.9. The van der Waals surface area contributed by atoms with Crippen molar-refractivity contribution in [3.8, 4) is 6.07 Å². The summed E-state index contributed by atoms with van der Waals surface area (Å²) >= 11 is 0. The molecule has 0 spiro atoms. The van der Waals surface area contributed by atoms with Crippen LogP contribution in [0.2, 0.25) is 0 Å². The number of ketones is 1. The van der Waals surface area contributed by atoms with E-state index in [4.69, 9.17) is 5.26 Å². The minimum Gasteiger partial charge on any atom is -0.379 e. The number of alkyl halides is 2. The summed E-state index contributed by atoms with van der Waals surface area (Å²) < 4.78 is 26.2. The smallest absolute Gasteiger partial charge is 0.290 e. The van der Waals surface area contributed by atoms with Crippen molar-refractivity contribution in [1.29, 1.82) is 5.26 Å². The van der Waals surface area contributed by atoms with Crippen molar-refractivity contribution in [3.63, 3.8) is 0 Å². The number of benzene rings is 1. The molecule has 0 radical (unpaired) electrons. The average molecular weight is 550 g/mol. The Morgan fingerprint density at radius 1 is 1.18 bits per heavy atom. The van der Waals surface area contributed by atoms with Crippen LogP contribution in [0.1, 0.15) is 110 Å². The Morgan fingerprint density at radius 3 is 1.95 bits per heavy atom. The topological polar surface area (TPSA) is 61.1 Å². The molecule has 1 fully saturated rings. The van der Waals surface area contributed by atoms with Gasteiger partial charge in [0.15, 0.2) is 11.4 Å². The van der Waals surface area contributed by atoms with E-state index < -0.39 is 11.3 Å². The molecule has 1 aromatic rings. The molecule has 2 atom stereocenters. The highest BCUT2D eigenvalue weighted by Crippen LogP contribution is 2.42. The Hall–Kier alpha value is -2.15. The molecular formula is C32H50F2NO2P. The van der Waals surface area contributed by atoms with Crippen LogP contribution in [-0.4, -0.2) is 16.6 Å². The first-order valence-corrected chi connectivity index (χ1v) is 14.0. The zero-order valence-corrected chi connectivity index (χ0v) is 25.9. The number of hydrogen-bond acceptors (Lipinski definition) is 3. The molecule has 1 aromatic carbocycles. The van der Waals surface area contributed by atoms with E-state index in [9.17, 15) is 18.7 Å². The summed E-state index contributed by atoms with van der Waals surface area (Å²) in [6.07, 6.45) is 14.1. The number of halogens is 2. The lowest BCUT2D eigenvalue weighted by Gasteiger charge is -2.30. The predicted octanol–water partition coefficient (Wildman–Crippen LogP) is 9.79. The Labute approximate surface area is 233 Å². The van der Waals surface area contributed by atoms with Crippen molar-refractivity contribution in [1.82, 2.24) is 0 Å². The van der Waals surface area contributed by atoms with Gasteiger partial charge in [0, 0.05) is 11.1 Å². The number of nitriles is 1. The van der Waals surface area contributed by atoms with E-state index in [0.717, 1.165) is 29.9 Å². The number of aliphatic hydroxyl groups is 1.